The summed E-state index contributed by atoms with van der Waals surface area (Å²) >= 11 is 0. The molecule has 17 heavy (non-hydrogen) atoms. The van der Waals surface area contributed by atoms with Gasteiger partial charge in [-0.3, -0.25) is 4.79 Å². The van der Waals surface area contributed by atoms with Gasteiger partial charge in [0.05, 0.1) is 0 Å². The van der Waals surface area contributed by atoms with Gasteiger partial charge < -0.3 is 14.6 Å². The van der Waals surface area contributed by atoms with Gasteiger partial charge in [-0.05, 0) is 39.8 Å². The summed E-state index contributed by atoms with van der Waals surface area (Å²) in [5, 5.41) is 3.24. The van der Waals surface area contributed by atoms with E-state index in [4.69, 9.17) is 4.42 Å². The number of hydrogen-bond donors (Lipinski definition) is 1. The maximum Gasteiger partial charge on any atom is 0.289 e. The molecule has 0 aliphatic carbocycles. The molecule has 1 aromatic rings. The van der Waals surface area contributed by atoms with E-state index in [-0.39, 0.29) is 5.91 Å². The zero-order valence-corrected chi connectivity index (χ0v) is 10.7. The molecule has 1 aliphatic rings. The second-order valence-electron chi connectivity index (χ2n) is 4.75. The number of amides is 1. The van der Waals surface area contributed by atoms with Crippen LogP contribution in [0.2, 0.25) is 0 Å². The molecule has 1 fully saturated rings. The number of furan rings is 1. The maximum absolute atomic E-state index is 12.3. The highest BCUT2D eigenvalue weighted by molar-refractivity contribution is 5.93. The lowest BCUT2D eigenvalue weighted by Gasteiger charge is -2.32. The highest BCUT2D eigenvalue weighted by Crippen LogP contribution is 2.19. The summed E-state index contributed by atoms with van der Waals surface area (Å²) in [5.41, 5.74) is 0.930. The Morgan fingerprint density at radius 2 is 2.29 bits per heavy atom. The van der Waals surface area contributed by atoms with Crippen LogP contribution in [0, 0.1) is 13.8 Å². The van der Waals surface area contributed by atoms with E-state index in [9.17, 15) is 4.79 Å². The monoisotopic (exact) mass is 236 g/mol. The first-order chi connectivity index (χ1) is 8.11. The van der Waals surface area contributed by atoms with Crippen LogP contribution in [0.15, 0.2) is 10.5 Å². The smallest absolute Gasteiger partial charge is 0.289 e. The minimum atomic E-state index is 0.0237. The fraction of sp³-hybridized carbons (Fsp3) is 0.615. The molecule has 0 radical (unpaired) electrons. The molecule has 2 heterocycles. The summed E-state index contributed by atoms with van der Waals surface area (Å²) in [5.74, 6) is 1.32. The average molecular weight is 236 g/mol. The topological polar surface area (TPSA) is 45.5 Å². The van der Waals surface area contributed by atoms with Crippen molar-refractivity contribution >= 4 is 5.91 Å². The van der Waals surface area contributed by atoms with E-state index >= 15 is 0 Å². The molecule has 2 rings (SSSR count). The molecule has 1 amide bonds. The lowest BCUT2D eigenvalue weighted by atomic mass is 10.1. The van der Waals surface area contributed by atoms with Crippen molar-refractivity contribution in [1.29, 1.82) is 0 Å². The highest BCUT2D eigenvalue weighted by Gasteiger charge is 2.26. The van der Waals surface area contributed by atoms with Crippen LogP contribution in [0.3, 0.4) is 0 Å². The molecule has 0 aromatic carbocycles. The van der Waals surface area contributed by atoms with Gasteiger partial charge >= 0.3 is 0 Å². The number of nitrogens with one attached hydrogen (secondary N) is 1. The summed E-state index contributed by atoms with van der Waals surface area (Å²) in [6.45, 7) is 5.39. The zero-order chi connectivity index (χ0) is 12.4. The third-order valence-corrected chi connectivity index (χ3v) is 3.35. The van der Waals surface area contributed by atoms with Crippen molar-refractivity contribution in [2.75, 3.05) is 20.1 Å². The molecule has 0 saturated carbocycles. The quantitative estimate of drug-likeness (QED) is 0.850. The van der Waals surface area contributed by atoms with Crippen molar-refractivity contribution in [2.24, 2.45) is 0 Å². The molecule has 1 N–H and O–H groups in total. The third kappa shape index (κ3) is 2.52. The number of likely N-dealkylation sites (tertiary alicyclic amines) is 1. The summed E-state index contributed by atoms with van der Waals surface area (Å²) in [7, 11) is 1.95. The number of likely N-dealkylation sites (N-methyl/N-ethyl adjacent to an activating group) is 1. The molecular weight excluding hydrogens is 216 g/mol. The van der Waals surface area contributed by atoms with Gasteiger partial charge in [-0.1, -0.05) is 0 Å². The molecule has 1 saturated heterocycles. The maximum atomic E-state index is 12.3. The van der Waals surface area contributed by atoms with E-state index in [0.717, 1.165) is 37.3 Å². The Hall–Kier alpha value is -1.29. The van der Waals surface area contributed by atoms with Gasteiger partial charge in [0.1, 0.15) is 5.76 Å². The Labute approximate surface area is 102 Å². The lowest BCUT2D eigenvalue weighted by molar-refractivity contribution is 0.0663. The zero-order valence-electron chi connectivity index (χ0n) is 10.7. The fourth-order valence-electron chi connectivity index (χ4n) is 2.39. The molecule has 94 valence electrons. The molecule has 1 atom stereocenters. The Balaban J connectivity index is 2.12. The van der Waals surface area contributed by atoms with Crippen molar-refractivity contribution in [1.82, 2.24) is 10.2 Å². The average Bonchev–Trinajstić information content (AvgIpc) is 2.67. The van der Waals surface area contributed by atoms with Crippen LogP contribution < -0.4 is 5.32 Å². The van der Waals surface area contributed by atoms with Crippen LogP contribution in [0.5, 0.6) is 0 Å². The van der Waals surface area contributed by atoms with Gasteiger partial charge in [0.25, 0.3) is 5.91 Å². The Morgan fingerprint density at radius 3 is 2.88 bits per heavy atom. The van der Waals surface area contributed by atoms with E-state index in [1.807, 2.05) is 31.9 Å². The van der Waals surface area contributed by atoms with Crippen LogP contribution in [-0.4, -0.2) is 37.0 Å². The molecule has 1 aliphatic heterocycles. The van der Waals surface area contributed by atoms with Crippen molar-refractivity contribution in [3.8, 4) is 0 Å². The molecule has 0 spiro atoms. The molecule has 4 nitrogen and oxygen atoms in total. The number of piperidine rings is 1. The van der Waals surface area contributed by atoms with Crippen LogP contribution in [-0.2, 0) is 0 Å². The van der Waals surface area contributed by atoms with E-state index < -0.39 is 0 Å². The number of carbonyl (C=O) groups is 1. The van der Waals surface area contributed by atoms with Gasteiger partial charge in [0.2, 0.25) is 0 Å². The van der Waals surface area contributed by atoms with Gasteiger partial charge in [0.15, 0.2) is 5.76 Å². The summed E-state index contributed by atoms with van der Waals surface area (Å²) in [4.78, 5) is 14.2. The number of rotatable bonds is 2. The van der Waals surface area contributed by atoms with Gasteiger partial charge in [-0.15, -0.1) is 0 Å². The van der Waals surface area contributed by atoms with Crippen molar-refractivity contribution in [2.45, 2.75) is 32.7 Å². The highest BCUT2D eigenvalue weighted by atomic mass is 16.4. The van der Waals surface area contributed by atoms with E-state index in [0.29, 0.717) is 11.8 Å². The largest absolute Gasteiger partial charge is 0.456 e. The molecular formula is C13H20N2O2. The van der Waals surface area contributed by atoms with Gasteiger partial charge in [0, 0.05) is 24.7 Å². The number of nitrogens with zero attached hydrogens (tertiary/aromatic N) is 1. The second-order valence-corrected chi connectivity index (χ2v) is 4.75. The first-order valence-electron chi connectivity index (χ1n) is 6.15. The summed E-state index contributed by atoms with van der Waals surface area (Å²) in [6.07, 6.45) is 2.19. The summed E-state index contributed by atoms with van der Waals surface area (Å²) < 4.78 is 5.49. The molecule has 1 unspecified atom stereocenters. The molecule has 1 aromatic heterocycles. The number of hydrogen-bond acceptors (Lipinski definition) is 3. The van der Waals surface area contributed by atoms with E-state index in [2.05, 4.69) is 5.32 Å². The van der Waals surface area contributed by atoms with E-state index in [1.54, 1.807) is 0 Å². The SMILES string of the molecule is CNC1CCCN(C(=O)c2oc(C)cc2C)C1. The van der Waals surface area contributed by atoms with Crippen molar-refractivity contribution < 1.29 is 9.21 Å². The van der Waals surface area contributed by atoms with Crippen LogP contribution >= 0.6 is 0 Å². The van der Waals surface area contributed by atoms with Gasteiger partial charge in [-0.25, -0.2) is 0 Å². The molecule has 0 bridgehead atoms. The molecule has 4 heteroatoms. The Kier molecular flexibility index (Phi) is 3.52. The first-order valence-corrected chi connectivity index (χ1v) is 6.15. The summed E-state index contributed by atoms with van der Waals surface area (Å²) in [6, 6.07) is 2.32. The first kappa shape index (κ1) is 12.2. The van der Waals surface area contributed by atoms with Crippen molar-refractivity contribution in [3.63, 3.8) is 0 Å². The fourth-order valence-corrected chi connectivity index (χ4v) is 2.39. The minimum absolute atomic E-state index is 0.0237. The predicted octanol–water partition coefficient (Wildman–Crippen LogP) is 1.72. The number of carbonyl (C=O) groups excluding carboxylic acids is 1. The third-order valence-electron chi connectivity index (χ3n) is 3.35. The lowest BCUT2D eigenvalue weighted by Crippen LogP contribution is -2.47. The number of aryl methyl sites for hydroxylation is 2. The van der Waals surface area contributed by atoms with E-state index in [1.165, 1.54) is 0 Å². The standard InChI is InChI=1S/C13H20N2O2/c1-9-7-10(2)17-12(9)13(16)15-6-4-5-11(8-15)14-3/h7,11,14H,4-6,8H2,1-3H3. The Morgan fingerprint density at radius 1 is 1.53 bits per heavy atom. The second kappa shape index (κ2) is 4.92. The van der Waals surface area contributed by atoms with Gasteiger partial charge in [-0.2, -0.15) is 0 Å². The minimum Gasteiger partial charge on any atom is -0.456 e. The van der Waals surface area contributed by atoms with Crippen LogP contribution in [0.25, 0.3) is 0 Å². The van der Waals surface area contributed by atoms with Crippen LogP contribution in [0.4, 0.5) is 0 Å². The predicted molar refractivity (Wildman–Crippen MR) is 66.2 cm³/mol. The van der Waals surface area contributed by atoms with Crippen molar-refractivity contribution in [3.05, 3.63) is 23.2 Å². The van der Waals surface area contributed by atoms with Crippen LogP contribution in [0.1, 0.15) is 34.7 Å². The normalized spacial score (nSPS) is 20.6. The Bertz CT molecular complexity index is 412.